The molecule has 2 heterocycles. The van der Waals surface area contributed by atoms with E-state index in [0.717, 1.165) is 32.9 Å². The zero-order chi connectivity index (χ0) is 29.9. The number of imide groups is 2. The average molecular weight is 577 g/mol. The van der Waals surface area contributed by atoms with E-state index in [9.17, 15) is 19.2 Å². The van der Waals surface area contributed by atoms with Crippen LogP contribution in [0.3, 0.4) is 0 Å². The number of allylic oxidation sites excluding steroid dienone is 6. The maximum Gasteiger partial charge on any atom is 0.265 e. The van der Waals surface area contributed by atoms with Crippen LogP contribution in [0.2, 0.25) is 0 Å². The van der Waals surface area contributed by atoms with Crippen LogP contribution in [-0.4, -0.2) is 29.7 Å². The minimum Gasteiger partial charge on any atom is -0.365 e. The van der Waals surface area contributed by atoms with E-state index in [1.165, 1.54) is 0 Å². The molecule has 2 aliphatic heterocycles. The second-order valence-corrected chi connectivity index (χ2v) is 11.0. The molecule has 7 heteroatoms. The second kappa shape index (κ2) is 9.97. The molecule has 7 nitrogen and oxygen atoms in total. The molecule has 0 spiro atoms. The first kappa shape index (κ1) is 26.0. The van der Waals surface area contributed by atoms with Crippen molar-refractivity contribution >= 4 is 51.3 Å². The summed E-state index contributed by atoms with van der Waals surface area (Å²) in [5.74, 6) is -2.03. The van der Waals surface area contributed by atoms with Crippen LogP contribution in [0.1, 0.15) is 59.0 Å². The minimum atomic E-state index is -0.515. The largest absolute Gasteiger partial charge is 0.365 e. The monoisotopic (exact) mass is 576 g/mol. The van der Waals surface area contributed by atoms with Crippen molar-refractivity contribution in [2.75, 3.05) is 9.80 Å². The Kier molecular flexibility index (Phi) is 5.89. The van der Waals surface area contributed by atoms with E-state index in [1.54, 1.807) is 54.6 Å². The minimum absolute atomic E-state index is 0.115. The highest BCUT2D eigenvalue weighted by molar-refractivity contribution is 6.42. The highest BCUT2D eigenvalue weighted by Gasteiger charge is 2.40. The molecule has 0 atom stereocenters. The molecule has 44 heavy (non-hydrogen) atoms. The summed E-state index contributed by atoms with van der Waals surface area (Å²) >= 11 is 0. The van der Waals surface area contributed by atoms with Crippen LogP contribution in [0.25, 0.3) is 16.3 Å². The third-order valence-corrected chi connectivity index (χ3v) is 8.45. The van der Waals surface area contributed by atoms with Gasteiger partial charge in [-0.05, 0) is 71.7 Å². The number of benzene rings is 4. The highest BCUT2D eigenvalue weighted by Crippen LogP contribution is 2.40. The van der Waals surface area contributed by atoms with Crippen LogP contribution in [0.4, 0.5) is 11.4 Å². The average Bonchev–Trinajstić information content (AvgIpc) is 3.78. The number of nitrogens with zero attached hydrogens (tertiary/aromatic N) is 2. The molecule has 0 bridgehead atoms. The van der Waals surface area contributed by atoms with Gasteiger partial charge in [0, 0.05) is 33.0 Å². The summed E-state index contributed by atoms with van der Waals surface area (Å²) in [7, 11) is 0. The Bertz CT molecular complexity index is 2000. The van der Waals surface area contributed by atoms with E-state index in [-0.39, 0.29) is 28.4 Å². The molecule has 4 aromatic carbocycles. The Morgan fingerprint density at radius 2 is 1.23 bits per heavy atom. The first-order valence-electron chi connectivity index (χ1n) is 14.4. The molecular weight excluding hydrogens is 552 g/mol. The van der Waals surface area contributed by atoms with Crippen molar-refractivity contribution < 1.29 is 23.9 Å². The Morgan fingerprint density at radius 1 is 0.659 bits per heavy atom. The molecule has 0 aromatic heterocycles. The number of anilines is 2. The van der Waals surface area contributed by atoms with Gasteiger partial charge in [0.1, 0.15) is 0 Å². The first-order chi connectivity index (χ1) is 21.5. The van der Waals surface area contributed by atoms with Crippen molar-refractivity contribution in [1.29, 1.82) is 0 Å². The van der Waals surface area contributed by atoms with E-state index >= 15 is 0 Å². The van der Waals surface area contributed by atoms with Gasteiger partial charge in [0.05, 0.1) is 24.1 Å². The van der Waals surface area contributed by atoms with Crippen LogP contribution in [0, 0.1) is 0 Å². The number of rotatable bonds is 6. The number of ether oxygens (including phenoxy) is 1. The SMILES string of the molecule is O=C1c2ccc3c4c(ccc(c24)C(=O)N1c1ccc(C2=CCC=C2)cc1)C(=O)N(c1cccc(COC2C=CC=C2)c1)C3=O. The molecule has 8 rings (SSSR count). The maximum absolute atomic E-state index is 13.9. The lowest BCUT2D eigenvalue weighted by molar-refractivity contribution is 0.0872. The molecule has 212 valence electrons. The van der Waals surface area contributed by atoms with Crippen LogP contribution >= 0.6 is 0 Å². The van der Waals surface area contributed by atoms with Crippen molar-refractivity contribution in [1.82, 2.24) is 0 Å². The van der Waals surface area contributed by atoms with Gasteiger partial charge in [-0.15, -0.1) is 0 Å². The third-order valence-electron chi connectivity index (χ3n) is 8.45. The lowest BCUT2D eigenvalue weighted by atomic mass is 9.85. The summed E-state index contributed by atoms with van der Waals surface area (Å²) in [5.41, 5.74) is 4.85. The molecule has 0 N–H and O–H groups in total. The zero-order valence-corrected chi connectivity index (χ0v) is 23.4. The number of amides is 4. The number of hydrogen-bond donors (Lipinski definition) is 0. The molecule has 0 fully saturated rings. The molecule has 4 aliphatic rings. The van der Waals surface area contributed by atoms with Crippen LogP contribution in [-0.2, 0) is 11.3 Å². The zero-order valence-electron chi connectivity index (χ0n) is 23.4. The molecule has 0 radical (unpaired) electrons. The smallest absolute Gasteiger partial charge is 0.265 e. The Labute approximate surface area is 252 Å². The predicted molar refractivity (Wildman–Crippen MR) is 168 cm³/mol. The lowest BCUT2D eigenvalue weighted by Gasteiger charge is -2.32. The fraction of sp³-hybridized carbons (Fsp3) is 0.0811. The van der Waals surface area contributed by atoms with Crippen LogP contribution in [0.5, 0.6) is 0 Å². The van der Waals surface area contributed by atoms with Gasteiger partial charge in [-0.3, -0.25) is 19.2 Å². The summed E-state index contributed by atoms with van der Waals surface area (Å²) in [6, 6.07) is 20.7. The van der Waals surface area contributed by atoms with Crippen molar-refractivity contribution in [3.63, 3.8) is 0 Å². The van der Waals surface area contributed by atoms with Crippen LogP contribution < -0.4 is 9.80 Å². The molecule has 4 aromatic rings. The van der Waals surface area contributed by atoms with Gasteiger partial charge in [0.2, 0.25) is 0 Å². The van der Waals surface area contributed by atoms with Gasteiger partial charge in [0.25, 0.3) is 23.6 Å². The topological polar surface area (TPSA) is 84.0 Å². The highest BCUT2D eigenvalue weighted by atomic mass is 16.5. The van der Waals surface area contributed by atoms with E-state index in [0.29, 0.717) is 28.8 Å². The summed E-state index contributed by atoms with van der Waals surface area (Å²) < 4.78 is 5.89. The number of carbonyl (C=O) groups is 4. The molecule has 0 unspecified atom stereocenters. The van der Waals surface area contributed by atoms with Gasteiger partial charge >= 0.3 is 0 Å². The first-order valence-corrected chi connectivity index (χ1v) is 14.4. The van der Waals surface area contributed by atoms with E-state index in [1.807, 2.05) is 48.6 Å². The maximum atomic E-state index is 13.9. The predicted octanol–water partition coefficient (Wildman–Crippen LogP) is 6.80. The van der Waals surface area contributed by atoms with Crippen molar-refractivity contribution in [3.05, 3.63) is 149 Å². The Morgan fingerprint density at radius 3 is 1.77 bits per heavy atom. The standard InChI is InChI=1S/C37H24N2O5/c40-34-28-16-18-30-33-31(37(43)39(36(30)42)26-9-5-6-22(20-26)21-44-27-10-3-4-11-27)19-17-29(32(28)33)35(41)38(34)25-14-12-24(13-15-25)23-7-1-2-8-23/h1,3-20,27H,2,21H2. The summed E-state index contributed by atoms with van der Waals surface area (Å²) in [6.07, 6.45) is 14.7. The summed E-state index contributed by atoms with van der Waals surface area (Å²) in [5, 5.41) is 0.674. The second-order valence-electron chi connectivity index (χ2n) is 11.0. The number of carbonyl (C=O) groups excluding carboxylic acids is 4. The van der Waals surface area contributed by atoms with Gasteiger partial charge in [-0.2, -0.15) is 0 Å². The van der Waals surface area contributed by atoms with Crippen molar-refractivity contribution in [3.8, 4) is 0 Å². The van der Waals surface area contributed by atoms with Crippen LogP contribution in [0.15, 0.2) is 115 Å². The fourth-order valence-corrected chi connectivity index (χ4v) is 6.32. The molecule has 4 amide bonds. The van der Waals surface area contributed by atoms with Gasteiger partial charge in [0.15, 0.2) is 0 Å². The number of hydrogen-bond acceptors (Lipinski definition) is 5. The molecule has 0 saturated carbocycles. The fourth-order valence-electron chi connectivity index (χ4n) is 6.32. The van der Waals surface area contributed by atoms with Gasteiger partial charge in [-0.25, -0.2) is 9.80 Å². The molecule has 2 aliphatic carbocycles. The Balaban J connectivity index is 1.15. The van der Waals surface area contributed by atoms with E-state index in [2.05, 4.69) is 12.2 Å². The van der Waals surface area contributed by atoms with E-state index < -0.39 is 23.6 Å². The van der Waals surface area contributed by atoms with Gasteiger partial charge < -0.3 is 4.74 Å². The van der Waals surface area contributed by atoms with Crippen molar-refractivity contribution in [2.45, 2.75) is 19.1 Å². The molecular formula is C37H24N2O5. The molecule has 0 saturated heterocycles. The Hall–Kier alpha value is -5.66. The quantitative estimate of drug-likeness (QED) is 0.236. The van der Waals surface area contributed by atoms with Crippen molar-refractivity contribution in [2.24, 2.45) is 0 Å². The summed E-state index contributed by atoms with van der Waals surface area (Å²) in [6.45, 7) is 0.306. The third kappa shape index (κ3) is 3.94. The van der Waals surface area contributed by atoms with Gasteiger partial charge in [-0.1, -0.05) is 66.8 Å². The van der Waals surface area contributed by atoms with E-state index in [4.69, 9.17) is 4.74 Å². The normalized spacial score (nSPS) is 17.0. The lowest BCUT2D eigenvalue weighted by Crippen LogP contribution is -2.43. The summed E-state index contributed by atoms with van der Waals surface area (Å²) in [4.78, 5) is 57.7.